The number of ether oxygens (including phenoxy) is 1. The second-order valence-corrected chi connectivity index (χ2v) is 5.08. The van der Waals surface area contributed by atoms with Crippen LogP contribution in [0.2, 0.25) is 0 Å². The summed E-state index contributed by atoms with van der Waals surface area (Å²) in [5.41, 5.74) is 0. The van der Waals surface area contributed by atoms with Gasteiger partial charge >= 0.3 is 0 Å². The minimum absolute atomic E-state index is 0.0134. The fourth-order valence-corrected chi connectivity index (χ4v) is 2.09. The molecule has 0 aromatic heterocycles. The number of nitrogens with zero attached hydrogens (tertiary/aromatic N) is 2. The molecule has 1 rings (SSSR count). The topological polar surface area (TPSA) is 61.9 Å². The summed E-state index contributed by atoms with van der Waals surface area (Å²) in [7, 11) is 4.99. The second kappa shape index (κ2) is 8.12. The average molecular weight is 271 g/mol. The quantitative estimate of drug-likeness (QED) is 0.711. The molecule has 0 bridgehead atoms. The van der Waals surface area contributed by atoms with Crippen molar-refractivity contribution in [3.8, 4) is 0 Å². The number of likely N-dealkylation sites (N-methyl/N-ethyl adjacent to an activating group) is 1. The standard InChI is InChI=1S/C13H25N3O3/c1-15(2)12(17)10-16(7-8-19-3)13(18)11-5-4-6-14-9-11/h11,14H,4-10H2,1-3H3/t11-/m0/s1. The van der Waals surface area contributed by atoms with E-state index < -0.39 is 0 Å². The summed E-state index contributed by atoms with van der Waals surface area (Å²) >= 11 is 0. The van der Waals surface area contributed by atoms with Crippen molar-refractivity contribution >= 4 is 11.8 Å². The van der Waals surface area contributed by atoms with E-state index in [1.54, 1.807) is 26.1 Å². The molecule has 0 spiro atoms. The first-order valence-electron chi connectivity index (χ1n) is 6.75. The van der Waals surface area contributed by atoms with Gasteiger partial charge in [-0.1, -0.05) is 0 Å². The van der Waals surface area contributed by atoms with E-state index in [4.69, 9.17) is 4.74 Å². The van der Waals surface area contributed by atoms with Gasteiger partial charge in [-0.05, 0) is 19.4 Å². The molecule has 1 aliphatic rings. The highest BCUT2D eigenvalue weighted by Crippen LogP contribution is 2.13. The zero-order valence-electron chi connectivity index (χ0n) is 12.1. The number of nitrogens with one attached hydrogen (secondary N) is 1. The molecular formula is C13H25N3O3. The van der Waals surface area contributed by atoms with E-state index in [1.165, 1.54) is 4.90 Å². The van der Waals surface area contributed by atoms with Gasteiger partial charge in [-0.3, -0.25) is 9.59 Å². The van der Waals surface area contributed by atoms with Crippen molar-refractivity contribution in [1.29, 1.82) is 0 Å². The van der Waals surface area contributed by atoms with Crippen LogP contribution in [0.5, 0.6) is 0 Å². The lowest BCUT2D eigenvalue weighted by Gasteiger charge is -2.29. The first kappa shape index (κ1) is 15.9. The van der Waals surface area contributed by atoms with Crippen molar-refractivity contribution in [2.24, 2.45) is 5.92 Å². The minimum Gasteiger partial charge on any atom is -0.383 e. The van der Waals surface area contributed by atoms with E-state index in [1.807, 2.05) is 0 Å². The number of rotatable bonds is 6. The first-order chi connectivity index (χ1) is 9.06. The van der Waals surface area contributed by atoms with Gasteiger partial charge in [0.2, 0.25) is 11.8 Å². The van der Waals surface area contributed by atoms with Crippen LogP contribution in [0.15, 0.2) is 0 Å². The average Bonchev–Trinajstić information content (AvgIpc) is 2.43. The molecule has 0 aromatic rings. The molecule has 0 unspecified atom stereocenters. The number of hydrogen-bond donors (Lipinski definition) is 1. The first-order valence-corrected chi connectivity index (χ1v) is 6.75. The number of methoxy groups -OCH3 is 1. The highest BCUT2D eigenvalue weighted by Gasteiger charge is 2.27. The van der Waals surface area contributed by atoms with Crippen LogP contribution in [0.25, 0.3) is 0 Å². The molecule has 1 N–H and O–H groups in total. The van der Waals surface area contributed by atoms with Gasteiger partial charge in [0, 0.05) is 34.3 Å². The number of carbonyl (C=O) groups excluding carboxylic acids is 2. The number of hydrogen-bond acceptors (Lipinski definition) is 4. The third-order valence-corrected chi connectivity index (χ3v) is 3.35. The highest BCUT2D eigenvalue weighted by atomic mass is 16.5. The van der Waals surface area contributed by atoms with Crippen molar-refractivity contribution in [2.45, 2.75) is 12.8 Å². The Morgan fingerprint density at radius 2 is 2.11 bits per heavy atom. The van der Waals surface area contributed by atoms with Crippen molar-refractivity contribution in [1.82, 2.24) is 15.1 Å². The van der Waals surface area contributed by atoms with Crippen LogP contribution in [0.1, 0.15) is 12.8 Å². The molecule has 1 aliphatic heterocycles. The van der Waals surface area contributed by atoms with Crippen molar-refractivity contribution in [3.63, 3.8) is 0 Å². The minimum atomic E-state index is -0.0618. The summed E-state index contributed by atoms with van der Waals surface area (Å²) in [6, 6.07) is 0. The van der Waals surface area contributed by atoms with E-state index >= 15 is 0 Å². The normalized spacial score (nSPS) is 19.0. The fourth-order valence-electron chi connectivity index (χ4n) is 2.09. The smallest absolute Gasteiger partial charge is 0.241 e. The predicted octanol–water partition coefficient (Wildman–Crippen LogP) is -0.451. The maximum Gasteiger partial charge on any atom is 0.241 e. The van der Waals surface area contributed by atoms with Crippen LogP contribution in [-0.4, -0.2) is 75.6 Å². The maximum atomic E-state index is 12.4. The van der Waals surface area contributed by atoms with Gasteiger partial charge in [-0.25, -0.2) is 0 Å². The lowest BCUT2D eigenvalue weighted by molar-refractivity contribution is -0.142. The SMILES string of the molecule is COCCN(CC(=O)N(C)C)C(=O)[C@H]1CCCNC1. The van der Waals surface area contributed by atoms with E-state index in [0.717, 1.165) is 19.4 Å². The Labute approximate surface area is 115 Å². The second-order valence-electron chi connectivity index (χ2n) is 5.08. The molecule has 1 saturated heterocycles. The predicted molar refractivity (Wildman–Crippen MR) is 72.7 cm³/mol. The Hall–Kier alpha value is -1.14. The van der Waals surface area contributed by atoms with E-state index in [2.05, 4.69) is 5.32 Å². The van der Waals surface area contributed by atoms with Gasteiger partial charge in [0.05, 0.1) is 19.1 Å². The molecule has 0 aromatic carbocycles. The van der Waals surface area contributed by atoms with Crippen LogP contribution in [0.4, 0.5) is 0 Å². The molecule has 19 heavy (non-hydrogen) atoms. The Balaban J connectivity index is 2.60. The molecule has 6 nitrogen and oxygen atoms in total. The van der Waals surface area contributed by atoms with E-state index in [0.29, 0.717) is 19.7 Å². The Bertz CT molecular complexity index is 302. The molecule has 6 heteroatoms. The summed E-state index contributed by atoms with van der Waals surface area (Å²) in [6.45, 7) is 2.72. The third-order valence-electron chi connectivity index (χ3n) is 3.35. The third kappa shape index (κ3) is 5.16. The van der Waals surface area contributed by atoms with Crippen LogP contribution in [-0.2, 0) is 14.3 Å². The van der Waals surface area contributed by atoms with Crippen LogP contribution in [0, 0.1) is 5.92 Å². The number of carbonyl (C=O) groups is 2. The molecule has 1 fully saturated rings. The Morgan fingerprint density at radius 3 is 2.63 bits per heavy atom. The van der Waals surface area contributed by atoms with Crippen molar-refractivity contribution in [3.05, 3.63) is 0 Å². The summed E-state index contributed by atoms with van der Waals surface area (Å²) in [5, 5.41) is 3.23. The van der Waals surface area contributed by atoms with Gasteiger partial charge in [0.25, 0.3) is 0 Å². The molecule has 2 amide bonds. The highest BCUT2D eigenvalue weighted by molar-refractivity contribution is 5.86. The molecular weight excluding hydrogens is 246 g/mol. The van der Waals surface area contributed by atoms with Crippen LogP contribution < -0.4 is 5.32 Å². The monoisotopic (exact) mass is 271 g/mol. The zero-order valence-corrected chi connectivity index (χ0v) is 12.1. The summed E-state index contributed by atoms with van der Waals surface area (Å²) < 4.78 is 5.02. The van der Waals surface area contributed by atoms with E-state index in [-0.39, 0.29) is 24.3 Å². The van der Waals surface area contributed by atoms with Crippen molar-refractivity contribution in [2.75, 3.05) is 54.0 Å². The lowest BCUT2D eigenvalue weighted by Crippen LogP contribution is -2.47. The molecule has 1 heterocycles. The largest absolute Gasteiger partial charge is 0.383 e. The van der Waals surface area contributed by atoms with Crippen molar-refractivity contribution < 1.29 is 14.3 Å². The van der Waals surface area contributed by atoms with Crippen LogP contribution >= 0.6 is 0 Å². The number of amides is 2. The number of piperidine rings is 1. The molecule has 1 atom stereocenters. The molecule has 0 radical (unpaired) electrons. The van der Waals surface area contributed by atoms with Crippen LogP contribution in [0.3, 0.4) is 0 Å². The molecule has 0 saturated carbocycles. The van der Waals surface area contributed by atoms with Gasteiger partial charge < -0.3 is 19.9 Å². The Morgan fingerprint density at radius 1 is 1.37 bits per heavy atom. The Kier molecular flexibility index (Phi) is 6.80. The van der Waals surface area contributed by atoms with Gasteiger partial charge in [-0.2, -0.15) is 0 Å². The van der Waals surface area contributed by atoms with Gasteiger partial charge in [0.1, 0.15) is 0 Å². The maximum absolute atomic E-state index is 12.4. The summed E-state index contributed by atoms with van der Waals surface area (Å²) in [4.78, 5) is 27.3. The molecule has 0 aliphatic carbocycles. The lowest BCUT2D eigenvalue weighted by atomic mass is 9.98. The summed E-state index contributed by atoms with van der Waals surface area (Å²) in [5.74, 6) is -0.0201. The van der Waals surface area contributed by atoms with Gasteiger partial charge in [0.15, 0.2) is 0 Å². The molecule has 110 valence electrons. The zero-order chi connectivity index (χ0) is 14.3. The fraction of sp³-hybridized carbons (Fsp3) is 0.846. The van der Waals surface area contributed by atoms with Gasteiger partial charge in [-0.15, -0.1) is 0 Å². The van der Waals surface area contributed by atoms with E-state index in [9.17, 15) is 9.59 Å². The summed E-state index contributed by atoms with van der Waals surface area (Å²) in [6.07, 6.45) is 1.90.